The molecular weight excluding hydrogens is 368 g/mol. The van der Waals surface area contributed by atoms with Crippen LogP contribution in [-0.4, -0.2) is 47.5 Å². The van der Waals surface area contributed by atoms with E-state index in [2.05, 4.69) is 5.10 Å². The van der Waals surface area contributed by atoms with Gasteiger partial charge >= 0.3 is 0 Å². The first-order valence-electron chi connectivity index (χ1n) is 8.49. The Labute approximate surface area is 159 Å². The van der Waals surface area contributed by atoms with Crippen molar-refractivity contribution in [2.75, 3.05) is 35.8 Å². The Bertz CT molecular complexity index is 1000. The highest BCUT2D eigenvalue weighted by atomic mass is 32.2. The number of hydrogen-bond acceptors (Lipinski definition) is 6. The summed E-state index contributed by atoms with van der Waals surface area (Å²) in [7, 11) is 1.56. The normalized spacial score (nSPS) is 15.9. The molecule has 0 saturated heterocycles. The molecule has 2 aliphatic heterocycles. The lowest BCUT2D eigenvalue weighted by atomic mass is 10.1. The van der Waals surface area contributed by atoms with Crippen LogP contribution in [0.4, 0.5) is 11.4 Å². The summed E-state index contributed by atoms with van der Waals surface area (Å²) in [6.07, 6.45) is 1.54. The zero-order chi connectivity index (χ0) is 19.1. The molecule has 2 amide bonds. The van der Waals surface area contributed by atoms with E-state index in [4.69, 9.17) is 4.74 Å². The summed E-state index contributed by atoms with van der Waals surface area (Å²) in [5.41, 5.74) is 1.54. The minimum Gasteiger partial charge on any atom is -0.490 e. The van der Waals surface area contributed by atoms with E-state index in [0.29, 0.717) is 29.5 Å². The van der Waals surface area contributed by atoms with Gasteiger partial charge in [-0.25, -0.2) is 4.68 Å². The highest BCUT2D eigenvalue weighted by Crippen LogP contribution is 2.33. The van der Waals surface area contributed by atoms with Crippen LogP contribution < -0.4 is 20.1 Å². The van der Waals surface area contributed by atoms with Crippen LogP contribution in [0.2, 0.25) is 0 Å². The molecule has 0 unspecified atom stereocenters. The number of anilines is 2. The third-order valence-corrected chi connectivity index (χ3v) is 5.61. The van der Waals surface area contributed by atoms with E-state index < -0.39 is 5.56 Å². The maximum atomic E-state index is 12.9. The molecule has 0 spiro atoms. The molecule has 0 N–H and O–H groups in total. The largest absolute Gasteiger partial charge is 0.490 e. The van der Waals surface area contributed by atoms with Crippen LogP contribution >= 0.6 is 11.8 Å². The maximum absolute atomic E-state index is 12.9. The van der Waals surface area contributed by atoms with Crippen LogP contribution in [0.15, 0.2) is 34.1 Å². The van der Waals surface area contributed by atoms with E-state index in [1.807, 2.05) is 25.1 Å². The lowest BCUT2D eigenvalue weighted by Gasteiger charge is -2.30. The van der Waals surface area contributed by atoms with Crippen LogP contribution in [0.1, 0.15) is 5.56 Å². The lowest BCUT2D eigenvalue weighted by Crippen LogP contribution is -2.43. The molecule has 0 aliphatic carbocycles. The SMILES string of the molecule is Cc1ccc2c(c1)N(C(=O)Cn1ncc3c(c1=O)N(C)C(=O)CS3)CCO2. The molecule has 8 nitrogen and oxygen atoms in total. The number of thioether (sulfide) groups is 1. The van der Waals surface area contributed by atoms with E-state index in [0.717, 1.165) is 10.2 Å². The highest BCUT2D eigenvalue weighted by Gasteiger charge is 2.28. The number of rotatable bonds is 2. The van der Waals surface area contributed by atoms with Crippen LogP contribution in [-0.2, 0) is 16.1 Å². The maximum Gasteiger partial charge on any atom is 0.292 e. The molecule has 0 fully saturated rings. The summed E-state index contributed by atoms with van der Waals surface area (Å²) in [5, 5.41) is 4.13. The van der Waals surface area contributed by atoms with Crippen LogP contribution in [0, 0.1) is 6.92 Å². The number of benzene rings is 1. The van der Waals surface area contributed by atoms with Crippen LogP contribution in [0.3, 0.4) is 0 Å². The molecular formula is C18H18N4O4S. The fraction of sp³-hybridized carbons (Fsp3) is 0.333. The highest BCUT2D eigenvalue weighted by molar-refractivity contribution is 8.00. The number of amides is 2. The minimum absolute atomic E-state index is 0.147. The monoisotopic (exact) mass is 386 g/mol. The van der Waals surface area contributed by atoms with Gasteiger partial charge in [0.15, 0.2) is 0 Å². The van der Waals surface area contributed by atoms with Crippen molar-refractivity contribution in [2.24, 2.45) is 0 Å². The molecule has 4 rings (SSSR count). The summed E-state index contributed by atoms with van der Waals surface area (Å²) in [5.74, 6) is 0.522. The van der Waals surface area contributed by atoms with E-state index in [9.17, 15) is 14.4 Å². The number of carbonyl (C=O) groups is 2. The molecule has 0 radical (unpaired) electrons. The molecule has 0 atom stereocenters. The van der Waals surface area contributed by atoms with Gasteiger partial charge in [-0.1, -0.05) is 6.07 Å². The Hall–Kier alpha value is -2.81. The van der Waals surface area contributed by atoms with Gasteiger partial charge in [-0.05, 0) is 24.6 Å². The van der Waals surface area contributed by atoms with Crippen molar-refractivity contribution in [3.05, 3.63) is 40.3 Å². The Morgan fingerprint density at radius 1 is 1.33 bits per heavy atom. The van der Waals surface area contributed by atoms with Gasteiger partial charge in [-0.15, -0.1) is 11.8 Å². The second-order valence-electron chi connectivity index (χ2n) is 6.43. The van der Waals surface area contributed by atoms with Gasteiger partial charge in [-0.2, -0.15) is 5.10 Å². The topological polar surface area (TPSA) is 84.7 Å². The van der Waals surface area contributed by atoms with E-state index >= 15 is 0 Å². The number of fused-ring (bicyclic) bond motifs is 2. The summed E-state index contributed by atoms with van der Waals surface area (Å²) in [6.45, 7) is 2.54. The number of carbonyl (C=O) groups excluding carboxylic acids is 2. The zero-order valence-corrected chi connectivity index (χ0v) is 15.8. The standard InChI is InChI=1S/C18H18N4O4S/c1-11-3-4-13-12(7-11)21(5-6-26-13)15(23)9-22-18(25)17-14(8-19-22)27-10-16(24)20(17)2/h3-4,7-8H,5-6,9-10H2,1-2H3. The van der Waals surface area contributed by atoms with Gasteiger partial charge in [0.1, 0.15) is 24.6 Å². The average molecular weight is 386 g/mol. The van der Waals surface area contributed by atoms with Crippen molar-refractivity contribution < 1.29 is 14.3 Å². The van der Waals surface area contributed by atoms with Crippen molar-refractivity contribution in [2.45, 2.75) is 18.4 Å². The van der Waals surface area contributed by atoms with E-state index in [1.165, 1.54) is 22.9 Å². The number of ether oxygens (including phenoxy) is 1. The average Bonchev–Trinajstić information content (AvgIpc) is 2.66. The van der Waals surface area contributed by atoms with Gasteiger partial charge in [0.2, 0.25) is 11.8 Å². The van der Waals surface area contributed by atoms with E-state index in [-0.39, 0.29) is 29.8 Å². The Kier molecular flexibility index (Phi) is 4.39. The molecule has 27 heavy (non-hydrogen) atoms. The quantitative estimate of drug-likeness (QED) is 0.767. The Morgan fingerprint density at radius 3 is 2.96 bits per heavy atom. The van der Waals surface area contributed by atoms with Crippen molar-refractivity contribution in [3.63, 3.8) is 0 Å². The lowest BCUT2D eigenvalue weighted by molar-refractivity contribution is -0.119. The number of nitrogens with zero attached hydrogens (tertiary/aromatic N) is 4. The molecule has 1 aromatic heterocycles. The van der Waals surface area contributed by atoms with Gasteiger partial charge in [-0.3, -0.25) is 14.4 Å². The first-order valence-corrected chi connectivity index (χ1v) is 9.47. The fourth-order valence-corrected chi connectivity index (χ4v) is 4.11. The van der Waals surface area contributed by atoms with Crippen molar-refractivity contribution in [1.82, 2.24) is 9.78 Å². The van der Waals surface area contributed by atoms with E-state index in [1.54, 1.807) is 11.9 Å². The zero-order valence-electron chi connectivity index (χ0n) is 15.0. The molecule has 1 aromatic carbocycles. The second kappa shape index (κ2) is 6.73. The fourth-order valence-electron chi connectivity index (χ4n) is 3.15. The predicted octanol–water partition coefficient (Wildman–Crippen LogP) is 1.05. The molecule has 140 valence electrons. The number of aryl methyl sites for hydroxylation is 1. The van der Waals surface area contributed by atoms with Gasteiger partial charge in [0, 0.05) is 7.05 Å². The predicted molar refractivity (Wildman–Crippen MR) is 102 cm³/mol. The number of hydrogen-bond donors (Lipinski definition) is 0. The Morgan fingerprint density at radius 2 is 2.15 bits per heavy atom. The van der Waals surface area contributed by atoms with Gasteiger partial charge in [0.25, 0.3) is 5.56 Å². The molecule has 0 saturated carbocycles. The first kappa shape index (κ1) is 17.6. The minimum atomic E-state index is -0.443. The summed E-state index contributed by atoms with van der Waals surface area (Å²) in [4.78, 5) is 41.2. The molecule has 9 heteroatoms. The van der Waals surface area contributed by atoms with Crippen molar-refractivity contribution in [3.8, 4) is 5.75 Å². The summed E-state index contributed by atoms with van der Waals surface area (Å²) in [6, 6.07) is 5.65. The smallest absolute Gasteiger partial charge is 0.292 e. The third-order valence-electron chi connectivity index (χ3n) is 4.61. The molecule has 2 aromatic rings. The molecule has 2 aliphatic rings. The molecule has 0 bridgehead atoms. The van der Waals surface area contributed by atoms with Gasteiger partial charge < -0.3 is 14.5 Å². The Balaban J connectivity index is 1.65. The van der Waals surface area contributed by atoms with Crippen molar-refractivity contribution >= 4 is 35.0 Å². The second-order valence-corrected chi connectivity index (χ2v) is 7.44. The summed E-state index contributed by atoms with van der Waals surface area (Å²) < 4.78 is 6.72. The number of aromatic nitrogens is 2. The van der Waals surface area contributed by atoms with Crippen LogP contribution in [0.25, 0.3) is 0 Å². The summed E-state index contributed by atoms with van der Waals surface area (Å²) >= 11 is 1.28. The van der Waals surface area contributed by atoms with Crippen LogP contribution in [0.5, 0.6) is 5.75 Å². The third kappa shape index (κ3) is 3.08. The first-order chi connectivity index (χ1) is 13.0. The van der Waals surface area contributed by atoms with Crippen molar-refractivity contribution in [1.29, 1.82) is 0 Å². The molecule has 3 heterocycles. The van der Waals surface area contributed by atoms with Gasteiger partial charge in [0.05, 0.1) is 29.1 Å².